The van der Waals surface area contributed by atoms with E-state index >= 15 is 0 Å². The van der Waals surface area contributed by atoms with Gasteiger partial charge in [0.05, 0.1) is 5.56 Å². The molecule has 0 aliphatic carbocycles. The molecule has 1 amide bonds. The molecule has 1 aromatic heterocycles. The van der Waals surface area contributed by atoms with Gasteiger partial charge in [0.1, 0.15) is 11.5 Å². The minimum absolute atomic E-state index is 0.197. The Labute approximate surface area is 139 Å². The molecule has 2 aromatic rings. The van der Waals surface area contributed by atoms with Crippen molar-refractivity contribution in [1.29, 1.82) is 0 Å². The highest BCUT2D eigenvalue weighted by Gasteiger charge is 2.30. The predicted octanol–water partition coefficient (Wildman–Crippen LogP) is 3.07. The van der Waals surface area contributed by atoms with Crippen LogP contribution in [0.15, 0.2) is 42.4 Å². The maximum absolute atomic E-state index is 12.5. The topological polar surface area (TPSA) is 68.7 Å². The quantitative estimate of drug-likeness (QED) is 0.794. The molecule has 0 unspecified atom stereocenters. The van der Waals surface area contributed by atoms with Crippen LogP contribution < -0.4 is 9.47 Å². The van der Waals surface area contributed by atoms with Crippen LogP contribution in [0.25, 0.3) is 6.08 Å². The van der Waals surface area contributed by atoms with E-state index in [1.54, 1.807) is 57.7 Å². The number of benzene rings is 1. The second kappa shape index (κ2) is 6.16. The predicted molar refractivity (Wildman–Crippen MR) is 88.1 cm³/mol. The Morgan fingerprint density at radius 1 is 1.33 bits per heavy atom. The lowest BCUT2D eigenvalue weighted by Crippen LogP contribution is -2.25. The first-order valence-corrected chi connectivity index (χ1v) is 7.34. The Morgan fingerprint density at radius 2 is 2.12 bits per heavy atom. The molecule has 1 aliphatic rings. The molecule has 0 saturated carbocycles. The number of pyridine rings is 1. The van der Waals surface area contributed by atoms with Gasteiger partial charge in [0.2, 0.25) is 5.78 Å². The average molecular weight is 324 g/mol. The Balaban J connectivity index is 1.92. The summed E-state index contributed by atoms with van der Waals surface area (Å²) in [6.45, 7) is 1.78. The number of hydrogen-bond donors (Lipinski definition) is 0. The maximum atomic E-state index is 12.5. The zero-order valence-electron chi connectivity index (χ0n) is 13.6. The van der Waals surface area contributed by atoms with Gasteiger partial charge in [0, 0.05) is 32.6 Å². The summed E-state index contributed by atoms with van der Waals surface area (Å²) >= 11 is 0. The van der Waals surface area contributed by atoms with Gasteiger partial charge in [-0.1, -0.05) is 6.07 Å². The number of carbonyl (C=O) groups excluding carboxylic acids is 2. The van der Waals surface area contributed by atoms with Crippen LogP contribution in [0.5, 0.6) is 11.5 Å². The highest BCUT2D eigenvalue weighted by Crippen LogP contribution is 2.37. The smallest absolute Gasteiger partial charge is 0.414 e. The van der Waals surface area contributed by atoms with Crippen molar-refractivity contribution in [1.82, 2.24) is 9.88 Å². The van der Waals surface area contributed by atoms with Crippen molar-refractivity contribution < 1.29 is 19.1 Å². The van der Waals surface area contributed by atoms with E-state index in [-0.39, 0.29) is 11.5 Å². The summed E-state index contributed by atoms with van der Waals surface area (Å²) in [5, 5.41) is 0. The number of fused-ring (bicyclic) bond motifs is 1. The molecular formula is C18H16N2O4. The van der Waals surface area contributed by atoms with Crippen LogP contribution in [0.3, 0.4) is 0 Å². The first-order chi connectivity index (χ1) is 11.5. The molecule has 0 spiro atoms. The molecule has 0 radical (unpaired) electrons. The van der Waals surface area contributed by atoms with Crippen LogP contribution in [0, 0.1) is 6.92 Å². The monoisotopic (exact) mass is 324 g/mol. The third-order valence-electron chi connectivity index (χ3n) is 3.50. The number of rotatable bonds is 2. The van der Waals surface area contributed by atoms with Crippen molar-refractivity contribution in [2.75, 3.05) is 14.1 Å². The lowest BCUT2D eigenvalue weighted by atomic mass is 10.0. The number of ether oxygens (including phenoxy) is 2. The molecular weight excluding hydrogens is 308 g/mol. The Kier molecular flexibility index (Phi) is 4.04. The largest absolute Gasteiger partial charge is 0.452 e. The van der Waals surface area contributed by atoms with Crippen molar-refractivity contribution >= 4 is 18.0 Å². The highest BCUT2D eigenvalue weighted by molar-refractivity contribution is 6.15. The molecule has 2 heterocycles. The van der Waals surface area contributed by atoms with Crippen LogP contribution in [-0.2, 0) is 0 Å². The molecule has 122 valence electrons. The van der Waals surface area contributed by atoms with Gasteiger partial charge >= 0.3 is 6.09 Å². The zero-order valence-corrected chi connectivity index (χ0v) is 13.6. The molecule has 0 N–H and O–H groups in total. The van der Waals surface area contributed by atoms with E-state index in [0.717, 1.165) is 5.56 Å². The molecule has 24 heavy (non-hydrogen) atoms. The second-order valence-electron chi connectivity index (χ2n) is 5.60. The van der Waals surface area contributed by atoms with Crippen LogP contribution in [0.4, 0.5) is 4.79 Å². The summed E-state index contributed by atoms with van der Waals surface area (Å²) in [5.41, 5.74) is 1.94. The van der Waals surface area contributed by atoms with E-state index in [9.17, 15) is 9.59 Å². The SMILES string of the molecule is Cc1cc(OC(=O)N(C)C)cc2c1C(=O)/C(=C/c1cccnc1)O2. The first-order valence-electron chi connectivity index (χ1n) is 7.34. The number of hydrogen-bond acceptors (Lipinski definition) is 5. The third-order valence-corrected chi connectivity index (χ3v) is 3.50. The zero-order chi connectivity index (χ0) is 17.3. The number of amides is 1. The summed E-state index contributed by atoms with van der Waals surface area (Å²) in [7, 11) is 3.19. The van der Waals surface area contributed by atoms with Crippen molar-refractivity contribution in [3.05, 3.63) is 59.1 Å². The lowest BCUT2D eigenvalue weighted by Gasteiger charge is -2.12. The summed E-state index contributed by atoms with van der Waals surface area (Å²) < 4.78 is 10.9. The molecule has 0 fully saturated rings. The molecule has 6 heteroatoms. The molecule has 0 atom stereocenters. The van der Waals surface area contributed by atoms with Gasteiger partial charge in [-0.25, -0.2) is 4.79 Å². The van der Waals surface area contributed by atoms with Gasteiger partial charge in [-0.15, -0.1) is 0 Å². The summed E-state index contributed by atoms with van der Waals surface area (Å²) in [5.74, 6) is 0.742. The van der Waals surface area contributed by atoms with Crippen molar-refractivity contribution in [2.24, 2.45) is 0 Å². The number of ketones is 1. The Morgan fingerprint density at radius 3 is 2.79 bits per heavy atom. The lowest BCUT2D eigenvalue weighted by molar-refractivity contribution is 0.101. The fraction of sp³-hybridized carbons (Fsp3) is 0.167. The number of aryl methyl sites for hydroxylation is 1. The first kappa shape index (κ1) is 15.7. The van der Waals surface area contributed by atoms with Crippen LogP contribution >= 0.6 is 0 Å². The van der Waals surface area contributed by atoms with Gasteiger partial charge in [0.15, 0.2) is 5.76 Å². The van der Waals surface area contributed by atoms with Gasteiger partial charge in [0.25, 0.3) is 0 Å². The summed E-state index contributed by atoms with van der Waals surface area (Å²) in [6, 6.07) is 6.81. The number of aromatic nitrogens is 1. The van der Waals surface area contributed by atoms with Crippen LogP contribution in [0.1, 0.15) is 21.5 Å². The van der Waals surface area contributed by atoms with Crippen molar-refractivity contribution in [3.8, 4) is 11.5 Å². The van der Waals surface area contributed by atoms with Gasteiger partial charge in [-0.05, 0) is 36.3 Å². The minimum Gasteiger partial charge on any atom is -0.452 e. The van der Waals surface area contributed by atoms with E-state index in [0.29, 0.717) is 22.6 Å². The van der Waals surface area contributed by atoms with Crippen molar-refractivity contribution in [3.63, 3.8) is 0 Å². The molecule has 1 aliphatic heterocycles. The number of allylic oxidation sites excluding steroid dienone is 1. The van der Waals surface area contributed by atoms with Crippen LogP contribution in [-0.4, -0.2) is 35.9 Å². The molecule has 3 rings (SSSR count). The second-order valence-corrected chi connectivity index (χ2v) is 5.60. The van der Waals surface area contributed by atoms with E-state index in [2.05, 4.69) is 4.98 Å². The van der Waals surface area contributed by atoms with Gasteiger partial charge < -0.3 is 14.4 Å². The van der Waals surface area contributed by atoms with E-state index in [1.807, 2.05) is 6.07 Å². The molecule has 6 nitrogen and oxygen atoms in total. The average Bonchev–Trinajstić information content (AvgIpc) is 2.84. The van der Waals surface area contributed by atoms with Crippen LogP contribution in [0.2, 0.25) is 0 Å². The van der Waals surface area contributed by atoms with Crippen molar-refractivity contribution in [2.45, 2.75) is 6.92 Å². The molecule has 0 bridgehead atoms. The summed E-state index contributed by atoms with van der Waals surface area (Å²) in [4.78, 5) is 29.5. The van der Waals surface area contributed by atoms with Gasteiger partial charge in [-0.3, -0.25) is 9.78 Å². The fourth-order valence-corrected chi connectivity index (χ4v) is 2.34. The Bertz CT molecular complexity index is 842. The molecule has 1 aromatic carbocycles. The van der Waals surface area contributed by atoms with Gasteiger partial charge in [-0.2, -0.15) is 0 Å². The Hall–Kier alpha value is -3.15. The number of Topliss-reactive ketones (excluding diaryl/α,β-unsaturated/α-hetero) is 1. The van der Waals surface area contributed by atoms with E-state index in [1.165, 1.54) is 4.90 Å². The van der Waals surface area contributed by atoms with E-state index in [4.69, 9.17) is 9.47 Å². The van der Waals surface area contributed by atoms with E-state index < -0.39 is 6.09 Å². The normalized spacial score (nSPS) is 14.3. The molecule has 0 saturated heterocycles. The maximum Gasteiger partial charge on any atom is 0.414 e. The fourth-order valence-electron chi connectivity index (χ4n) is 2.34. The highest BCUT2D eigenvalue weighted by atomic mass is 16.6. The standard InChI is InChI=1S/C18H16N2O4/c1-11-7-13(23-18(22)20(2)3)9-14-16(11)17(21)15(24-14)8-12-5-4-6-19-10-12/h4-10H,1-3H3/b15-8-. The summed E-state index contributed by atoms with van der Waals surface area (Å²) in [6.07, 6.45) is 4.44. The number of nitrogens with zero attached hydrogens (tertiary/aromatic N) is 2. The third kappa shape index (κ3) is 2.99. The minimum atomic E-state index is -0.496. The number of carbonyl (C=O) groups is 2.